The summed E-state index contributed by atoms with van der Waals surface area (Å²) in [6, 6.07) is 0. The Hall–Kier alpha value is -4.19. The first-order valence-electron chi connectivity index (χ1n) is 29.0. The predicted octanol–water partition coefficient (Wildman–Crippen LogP) is 19.6. The van der Waals surface area contributed by atoms with Crippen LogP contribution in [0.2, 0.25) is 0 Å². The van der Waals surface area contributed by atoms with Crippen LogP contribution in [0.25, 0.3) is 0 Å². The third-order valence-electron chi connectivity index (χ3n) is 11.9. The van der Waals surface area contributed by atoms with Gasteiger partial charge >= 0.3 is 17.9 Å². The molecule has 0 N–H and O–H groups in total. The zero-order chi connectivity index (χ0) is 51.4. The van der Waals surface area contributed by atoms with Crippen molar-refractivity contribution in [2.24, 2.45) is 0 Å². The summed E-state index contributed by atoms with van der Waals surface area (Å²) >= 11 is 0. The molecule has 0 spiro atoms. The molecule has 0 radical (unpaired) electrons. The van der Waals surface area contributed by atoms with Crippen molar-refractivity contribution in [3.63, 3.8) is 0 Å². The Bertz CT molecular complexity index is 1500. The van der Waals surface area contributed by atoms with Gasteiger partial charge in [0.2, 0.25) is 0 Å². The van der Waals surface area contributed by atoms with E-state index in [-0.39, 0.29) is 31.1 Å². The third-order valence-corrected chi connectivity index (χ3v) is 11.9. The lowest BCUT2D eigenvalue weighted by atomic mass is 10.1. The molecule has 0 saturated heterocycles. The average molecular weight is 984 g/mol. The molecule has 0 saturated carbocycles. The molecule has 402 valence electrons. The van der Waals surface area contributed by atoms with Gasteiger partial charge < -0.3 is 14.2 Å². The van der Waals surface area contributed by atoms with E-state index >= 15 is 0 Å². The first-order chi connectivity index (χ1) is 35.0. The van der Waals surface area contributed by atoms with Gasteiger partial charge in [0.1, 0.15) is 13.2 Å². The van der Waals surface area contributed by atoms with Crippen molar-refractivity contribution in [3.05, 3.63) is 122 Å². The highest BCUT2D eigenvalue weighted by atomic mass is 16.6. The van der Waals surface area contributed by atoms with Crippen molar-refractivity contribution in [3.8, 4) is 0 Å². The van der Waals surface area contributed by atoms with E-state index in [0.717, 1.165) is 148 Å². The van der Waals surface area contributed by atoms with E-state index < -0.39 is 6.10 Å². The maximum atomic E-state index is 12.9. The van der Waals surface area contributed by atoms with Gasteiger partial charge in [0, 0.05) is 19.3 Å². The van der Waals surface area contributed by atoms with Crippen LogP contribution < -0.4 is 0 Å². The molecule has 0 aromatic heterocycles. The second-order valence-corrected chi connectivity index (χ2v) is 18.8. The molecule has 71 heavy (non-hydrogen) atoms. The number of unbranched alkanes of at least 4 members (excludes halogenated alkanes) is 20. The first-order valence-corrected chi connectivity index (χ1v) is 29.0. The summed E-state index contributed by atoms with van der Waals surface area (Å²) < 4.78 is 16.8. The zero-order valence-corrected chi connectivity index (χ0v) is 45.9. The number of rotatable bonds is 51. The lowest BCUT2D eigenvalue weighted by Gasteiger charge is -2.18. The predicted molar refractivity (Wildman–Crippen MR) is 306 cm³/mol. The molecule has 0 aromatic carbocycles. The van der Waals surface area contributed by atoms with E-state index in [9.17, 15) is 14.4 Å². The van der Waals surface area contributed by atoms with E-state index in [1.807, 2.05) is 0 Å². The quantitative estimate of drug-likeness (QED) is 0.0261. The van der Waals surface area contributed by atoms with Gasteiger partial charge in [0.25, 0.3) is 0 Å². The van der Waals surface area contributed by atoms with Crippen molar-refractivity contribution >= 4 is 17.9 Å². The number of carbonyl (C=O) groups excluding carboxylic acids is 3. The molecule has 0 bridgehead atoms. The third kappa shape index (κ3) is 56.6. The molecule has 0 rings (SSSR count). The Labute approximate surface area is 437 Å². The molecular weight excluding hydrogens is 877 g/mol. The van der Waals surface area contributed by atoms with Crippen LogP contribution >= 0.6 is 0 Å². The Kier molecular flexibility index (Phi) is 54.9. The van der Waals surface area contributed by atoms with Gasteiger partial charge in [0.15, 0.2) is 6.10 Å². The van der Waals surface area contributed by atoms with Crippen molar-refractivity contribution in [2.75, 3.05) is 13.2 Å². The second-order valence-electron chi connectivity index (χ2n) is 18.8. The summed E-state index contributed by atoms with van der Waals surface area (Å²) in [7, 11) is 0. The van der Waals surface area contributed by atoms with Gasteiger partial charge in [-0.3, -0.25) is 14.4 Å². The highest BCUT2D eigenvalue weighted by Gasteiger charge is 2.19. The minimum absolute atomic E-state index is 0.0986. The van der Waals surface area contributed by atoms with Crippen LogP contribution in [0.3, 0.4) is 0 Å². The van der Waals surface area contributed by atoms with Gasteiger partial charge in [-0.05, 0) is 128 Å². The molecule has 0 aromatic rings. The number of hydrogen-bond donors (Lipinski definition) is 0. The van der Waals surface area contributed by atoms with Crippen LogP contribution in [0.4, 0.5) is 0 Å². The monoisotopic (exact) mass is 983 g/mol. The fraction of sp³-hybridized carbons (Fsp3) is 0.646. The summed E-state index contributed by atoms with van der Waals surface area (Å²) in [5.41, 5.74) is 0. The number of carbonyl (C=O) groups is 3. The zero-order valence-electron chi connectivity index (χ0n) is 45.9. The lowest BCUT2D eigenvalue weighted by Crippen LogP contribution is -2.30. The van der Waals surface area contributed by atoms with Gasteiger partial charge in [-0.1, -0.05) is 226 Å². The number of hydrogen-bond acceptors (Lipinski definition) is 6. The van der Waals surface area contributed by atoms with E-state index in [1.165, 1.54) is 64.2 Å². The van der Waals surface area contributed by atoms with Crippen molar-refractivity contribution in [1.82, 2.24) is 0 Å². The second kappa shape index (κ2) is 58.4. The van der Waals surface area contributed by atoms with Crippen LogP contribution in [-0.4, -0.2) is 37.2 Å². The molecule has 0 aliphatic rings. The maximum Gasteiger partial charge on any atom is 0.306 e. The standard InChI is InChI=1S/C65H106O6/c1-4-7-10-13-16-19-22-25-27-29-30-31-32-33-34-36-37-40-43-46-49-52-55-58-64(67)70-61-62(60-69-63(66)57-54-51-48-45-42-39-24-21-18-15-12-9-6-3)71-65(68)59-56-53-50-47-44-41-38-35-28-26-23-20-17-14-11-8-5-2/h7-8,10-11,16-17,19-21,24-28,30-31,33-34,38,41,62H,4-6,9,12-15,18,22-23,29,32,35-37,39-40,42-61H2,1-3H3/b10-7-,11-8-,19-16-,20-17-,24-21-,27-25-,28-26-,31-30-,34-33-,41-38-. The summed E-state index contributed by atoms with van der Waals surface area (Å²) in [4.78, 5) is 38.2. The molecule has 6 heteroatoms. The number of ether oxygens (including phenoxy) is 3. The molecule has 0 amide bonds. The van der Waals surface area contributed by atoms with E-state index in [1.54, 1.807) is 0 Å². The van der Waals surface area contributed by atoms with Crippen molar-refractivity contribution in [1.29, 1.82) is 0 Å². The van der Waals surface area contributed by atoms with Crippen LogP contribution in [0, 0.1) is 0 Å². The molecule has 0 heterocycles. The van der Waals surface area contributed by atoms with Crippen LogP contribution in [0.5, 0.6) is 0 Å². The smallest absolute Gasteiger partial charge is 0.306 e. The van der Waals surface area contributed by atoms with Crippen LogP contribution in [-0.2, 0) is 28.6 Å². The van der Waals surface area contributed by atoms with Gasteiger partial charge in [-0.2, -0.15) is 0 Å². The minimum atomic E-state index is -0.803. The fourth-order valence-electron chi connectivity index (χ4n) is 7.63. The topological polar surface area (TPSA) is 78.9 Å². The number of allylic oxidation sites excluding steroid dienone is 20. The summed E-state index contributed by atoms with van der Waals surface area (Å²) in [6.45, 7) is 6.36. The van der Waals surface area contributed by atoms with Gasteiger partial charge in [-0.25, -0.2) is 0 Å². The lowest BCUT2D eigenvalue weighted by molar-refractivity contribution is -0.167. The van der Waals surface area contributed by atoms with Gasteiger partial charge in [0.05, 0.1) is 0 Å². The normalized spacial score (nSPS) is 13.0. The molecule has 1 unspecified atom stereocenters. The SMILES string of the molecule is CC/C=C\C/C=C\C/C=C\C/C=C\C/C=C\CCCCCCCCCC(=O)OCC(COC(=O)CCCCCCC/C=C\CCCCCC)OC(=O)CCCCCC/C=C\C/C=C\C/C=C\C/C=C\CC. The highest BCUT2D eigenvalue weighted by Crippen LogP contribution is 2.14. The van der Waals surface area contributed by atoms with E-state index in [0.29, 0.717) is 19.3 Å². The Balaban J connectivity index is 4.43. The Morgan fingerprint density at radius 1 is 0.296 bits per heavy atom. The summed E-state index contributed by atoms with van der Waals surface area (Å²) in [5.74, 6) is -0.943. The van der Waals surface area contributed by atoms with Crippen LogP contribution in [0.15, 0.2) is 122 Å². The largest absolute Gasteiger partial charge is 0.462 e. The summed E-state index contributed by atoms with van der Waals surface area (Å²) in [5, 5.41) is 0. The molecule has 1 atom stereocenters. The minimum Gasteiger partial charge on any atom is -0.462 e. The molecule has 0 aliphatic carbocycles. The number of esters is 3. The maximum absolute atomic E-state index is 12.9. The molecule has 0 aliphatic heterocycles. The van der Waals surface area contributed by atoms with Crippen LogP contribution in [0.1, 0.15) is 252 Å². The Morgan fingerprint density at radius 2 is 0.549 bits per heavy atom. The van der Waals surface area contributed by atoms with E-state index in [4.69, 9.17) is 14.2 Å². The van der Waals surface area contributed by atoms with Crippen molar-refractivity contribution < 1.29 is 28.6 Å². The van der Waals surface area contributed by atoms with E-state index in [2.05, 4.69) is 142 Å². The highest BCUT2D eigenvalue weighted by molar-refractivity contribution is 5.71. The van der Waals surface area contributed by atoms with Crippen molar-refractivity contribution in [2.45, 2.75) is 258 Å². The Morgan fingerprint density at radius 3 is 0.873 bits per heavy atom. The first kappa shape index (κ1) is 66.8. The average Bonchev–Trinajstić information content (AvgIpc) is 3.37. The summed E-state index contributed by atoms with van der Waals surface area (Å²) in [6.07, 6.45) is 80.4. The van der Waals surface area contributed by atoms with Gasteiger partial charge in [-0.15, -0.1) is 0 Å². The molecule has 6 nitrogen and oxygen atoms in total. The molecular formula is C65H106O6. The fourth-order valence-corrected chi connectivity index (χ4v) is 7.63. The molecule has 0 fully saturated rings.